The Labute approximate surface area is 112 Å². The lowest BCUT2D eigenvalue weighted by Gasteiger charge is -2.16. The first-order valence-electron chi connectivity index (χ1n) is 7.39. The highest BCUT2D eigenvalue weighted by Crippen LogP contribution is 2.19. The molecule has 1 atom stereocenters. The van der Waals surface area contributed by atoms with Crippen LogP contribution >= 0.6 is 0 Å². The van der Waals surface area contributed by atoms with Crippen molar-refractivity contribution in [2.75, 3.05) is 0 Å². The second-order valence-electron chi connectivity index (χ2n) is 5.04. The fourth-order valence-corrected chi connectivity index (χ4v) is 2.34. The molecule has 1 aromatic carbocycles. The molecule has 0 aliphatic carbocycles. The van der Waals surface area contributed by atoms with E-state index in [4.69, 9.17) is 5.84 Å². The first-order valence-corrected chi connectivity index (χ1v) is 7.39. The van der Waals surface area contributed by atoms with Crippen molar-refractivity contribution < 1.29 is 0 Å². The van der Waals surface area contributed by atoms with Gasteiger partial charge in [-0.1, -0.05) is 82.2 Å². The number of rotatable bonds is 10. The SMILES string of the molecule is CCCCCCCCCC(NN)c1ccccc1. The Bertz CT molecular complexity index is 284. The van der Waals surface area contributed by atoms with Gasteiger partial charge in [0.25, 0.3) is 0 Å². The lowest BCUT2D eigenvalue weighted by atomic mass is 10.00. The quantitative estimate of drug-likeness (QED) is 0.367. The van der Waals surface area contributed by atoms with Gasteiger partial charge in [-0.25, -0.2) is 0 Å². The largest absolute Gasteiger partial charge is 0.271 e. The molecule has 102 valence electrons. The van der Waals surface area contributed by atoms with Crippen LogP contribution in [0.2, 0.25) is 0 Å². The Morgan fingerprint density at radius 2 is 1.56 bits per heavy atom. The smallest absolute Gasteiger partial charge is 0.0460 e. The van der Waals surface area contributed by atoms with Gasteiger partial charge in [-0.05, 0) is 12.0 Å². The summed E-state index contributed by atoms with van der Waals surface area (Å²) in [6.07, 6.45) is 10.6. The topological polar surface area (TPSA) is 38.0 Å². The minimum Gasteiger partial charge on any atom is -0.271 e. The van der Waals surface area contributed by atoms with E-state index in [-0.39, 0.29) is 0 Å². The van der Waals surface area contributed by atoms with E-state index >= 15 is 0 Å². The summed E-state index contributed by atoms with van der Waals surface area (Å²) in [5.74, 6) is 5.64. The Balaban J connectivity index is 2.13. The number of nitrogens with one attached hydrogen (secondary N) is 1. The van der Waals surface area contributed by atoms with Crippen LogP contribution in [0, 0.1) is 0 Å². The minimum atomic E-state index is 0.307. The zero-order valence-electron chi connectivity index (χ0n) is 11.7. The molecule has 0 heterocycles. The zero-order chi connectivity index (χ0) is 13.1. The van der Waals surface area contributed by atoms with Crippen molar-refractivity contribution in [1.82, 2.24) is 5.43 Å². The van der Waals surface area contributed by atoms with Gasteiger partial charge < -0.3 is 0 Å². The lowest BCUT2D eigenvalue weighted by Crippen LogP contribution is -2.27. The van der Waals surface area contributed by atoms with Gasteiger partial charge >= 0.3 is 0 Å². The Morgan fingerprint density at radius 3 is 2.17 bits per heavy atom. The number of hydrazine groups is 1. The summed E-state index contributed by atoms with van der Waals surface area (Å²) in [7, 11) is 0. The van der Waals surface area contributed by atoms with Crippen molar-refractivity contribution >= 4 is 0 Å². The molecule has 1 unspecified atom stereocenters. The van der Waals surface area contributed by atoms with E-state index in [9.17, 15) is 0 Å². The summed E-state index contributed by atoms with van der Waals surface area (Å²) in [5.41, 5.74) is 4.23. The van der Waals surface area contributed by atoms with Crippen LogP contribution in [0.3, 0.4) is 0 Å². The molecule has 18 heavy (non-hydrogen) atoms. The maximum atomic E-state index is 5.64. The maximum absolute atomic E-state index is 5.64. The van der Waals surface area contributed by atoms with Crippen LogP contribution in [0.4, 0.5) is 0 Å². The number of hydrogen-bond acceptors (Lipinski definition) is 2. The van der Waals surface area contributed by atoms with Gasteiger partial charge in [0.2, 0.25) is 0 Å². The summed E-state index contributed by atoms with van der Waals surface area (Å²) >= 11 is 0. The van der Waals surface area contributed by atoms with Crippen LogP contribution in [0.5, 0.6) is 0 Å². The van der Waals surface area contributed by atoms with Gasteiger partial charge in [-0.3, -0.25) is 11.3 Å². The third-order valence-electron chi connectivity index (χ3n) is 3.50. The molecule has 2 heteroatoms. The van der Waals surface area contributed by atoms with Crippen molar-refractivity contribution in [3.05, 3.63) is 35.9 Å². The highest BCUT2D eigenvalue weighted by molar-refractivity contribution is 5.18. The van der Waals surface area contributed by atoms with E-state index in [1.54, 1.807) is 0 Å². The molecular weight excluding hydrogens is 220 g/mol. The fraction of sp³-hybridized carbons (Fsp3) is 0.625. The molecule has 0 aliphatic heterocycles. The molecule has 0 radical (unpaired) electrons. The van der Waals surface area contributed by atoms with Crippen LogP contribution in [0.15, 0.2) is 30.3 Å². The molecular formula is C16H28N2. The lowest BCUT2D eigenvalue weighted by molar-refractivity contribution is 0.476. The van der Waals surface area contributed by atoms with Gasteiger partial charge in [0.15, 0.2) is 0 Å². The van der Waals surface area contributed by atoms with Gasteiger partial charge in [-0.2, -0.15) is 0 Å². The number of hydrogen-bond donors (Lipinski definition) is 2. The monoisotopic (exact) mass is 248 g/mol. The van der Waals surface area contributed by atoms with Gasteiger partial charge in [0.05, 0.1) is 0 Å². The molecule has 0 bridgehead atoms. The average Bonchev–Trinajstić information content (AvgIpc) is 2.43. The molecule has 1 aromatic rings. The zero-order valence-corrected chi connectivity index (χ0v) is 11.7. The third kappa shape index (κ3) is 6.18. The molecule has 0 aromatic heterocycles. The Morgan fingerprint density at radius 1 is 0.944 bits per heavy atom. The molecule has 1 rings (SSSR count). The summed E-state index contributed by atoms with van der Waals surface area (Å²) in [6, 6.07) is 10.8. The van der Waals surface area contributed by atoms with Crippen LogP contribution in [0.25, 0.3) is 0 Å². The predicted octanol–water partition coefficient (Wildman–Crippen LogP) is 4.33. The number of benzene rings is 1. The molecule has 0 fully saturated rings. The van der Waals surface area contributed by atoms with Gasteiger partial charge in [-0.15, -0.1) is 0 Å². The summed E-state index contributed by atoms with van der Waals surface area (Å²) in [6.45, 7) is 2.26. The molecule has 2 nitrogen and oxygen atoms in total. The van der Waals surface area contributed by atoms with Gasteiger partial charge in [0, 0.05) is 6.04 Å². The highest BCUT2D eigenvalue weighted by atomic mass is 15.2. The number of nitrogens with two attached hydrogens (primary N) is 1. The molecule has 0 spiro atoms. The average molecular weight is 248 g/mol. The van der Waals surface area contributed by atoms with Crippen molar-refractivity contribution in [2.24, 2.45) is 5.84 Å². The summed E-state index contributed by atoms with van der Waals surface area (Å²) in [5, 5.41) is 0. The molecule has 0 saturated heterocycles. The minimum absolute atomic E-state index is 0.307. The first-order chi connectivity index (χ1) is 8.88. The van der Waals surface area contributed by atoms with E-state index in [1.165, 1.54) is 50.5 Å². The van der Waals surface area contributed by atoms with Crippen LogP contribution in [-0.4, -0.2) is 0 Å². The summed E-state index contributed by atoms with van der Waals surface area (Å²) in [4.78, 5) is 0. The molecule has 3 N–H and O–H groups in total. The Hall–Kier alpha value is -0.860. The second kappa shape index (κ2) is 10.1. The molecule has 0 amide bonds. The van der Waals surface area contributed by atoms with Crippen molar-refractivity contribution in [3.8, 4) is 0 Å². The van der Waals surface area contributed by atoms with Crippen molar-refractivity contribution in [1.29, 1.82) is 0 Å². The predicted molar refractivity (Wildman–Crippen MR) is 79.1 cm³/mol. The van der Waals surface area contributed by atoms with E-state index < -0.39 is 0 Å². The van der Waals surface area contributed by atoms with Crippen molar-refractivity contribution in [3.63, 3.8) is 0 Å². The third-order valence-corrected chi connectivity index (χ3v) is 3.50. The second-order valence-corrected chi connectivity index (χ2v) is 5.04. The number of unbranched alkanes of at least 4 members (excludes halogenated alkanes) is 6. The fourth-order valence-electron chi connectivity index (χ4n) is 2.34. The summed E-state index contributed by atoms with van der Waals surface area (Å²) < 4.78 is 0. The standard InChI is InChI=1S/C16H28N2/c1-2-3-4-5-6-7-11-14-16(18-17)15-12-9-8-10-13-15/h8-10,12-13,16,18H,2-7,11,14,17H2,1H3. The molecule has 0 aliphatic rings. The Kier molecular flexibility index (Phi) is 8.53. The van der Waals surface area contributed by atoms with Crippen LogP contribution in [0.1, 0.15) is 69.9 Å². The van der Waals surface area contributed by atoms with Crippen LogP contribution in [-0.2, 0) is 0 Å². The van der Waals surface area contributed by atoms with Crippen molar-refractivity contribution in [2.45, 2.75) is 64.3 Å². The maximum Gasteiger partial charge on any atom is 0.0460 e. The van der Waals surface area contributed by atoms with E-state index in [2.05, 4.69) is 36.6 Å². The van der Waals surface area contributed by atoms with E-state index in [0.717, 1.165) is 6.42 Å². The normalized spacial score (nSPS) is 12.6. The van der Waals surface area contributed by atoms with E-state index in [0.29, 0.717) is 6.04 Å². The first kappa shape index (κ1) is 15.2. The van der Waals surface area contributed by atoms with Gasteiger partial charge in [0.1, 0.15) is 0 Å². The van der Waals surface area contributed by atoms with Crippen LogP contribution < -0.4 is 11.3 Å². The molecule has 0 saturated carbocycles. The van der Waals surface area contributed by atoms with E-state index in [1.807, 2.05) is 6.07 Å². The highest BCUT2D eigenvalue weighted by Gasteiger charge is 2.07.